The Morgan fingerprint density at radius 2 is 2.00 bits per heavy atom. The Morgan fingerprint density at radius 3 is 2.81 bits per heavy atom. The zero-order valence-electron chi connectivity index (χ0n) is 17.3. The number of hydrogen-bond donors (Lipinski definition) is 2. The summed E-state index contributed by atoms with van der Waals surface area (Å²) in [6.07, 6.45) is 0. The molecule has 0 radical (unpaired) electrons. The molecule has 3 heterocycles. The number of fused-ring (bicyclic) bond motifs is 1. The van der Waals surface area contributed by atoms with E-state index >= 15 is 0 Å². The van der Waals surface area contributed by atoms with Crippen LogP contribution in [-0.4, -0.2) is 34.1 Å². The van der Waals surface area contributed by atoms with Gasteiger partial charge in [-0.2, -0.15) is 5.26 Å². The predicted molar refractivity (Wildman–Crippen MR) is 120 cm³/mol. The fraction of sp³-hybridized carbons (Fsp3) is 0.174. The highest BCUT2D eigenvalue weighted by Crippen LogP contribution is 2.44. The van der Waals surface area contributed by atoms with Crippen LogP contribution >= 0.6 is 11.3 Å². The Bertz CT molecular complexity index is 1420. The number of benzene rings is 2. The van der Waals surface area contributed by atoms with E-state index in [1.807, 2.05) is 48.7 Å². The molecule has 32 heavy (non-hydrogen) atoms. The third-order valence-corrected chi connectivity index (χ3v) is 7.08. The fourth-order valence-corrected chi connectivity index (χ4v) is 5.21. The number of amides is 1. The van der Waals surface area contributed by atoms with Crippen LogP contribution in [0.25, 0.3) is 22.2 Å². The van der Waals surface area contributed by atoms with Crippen LogP contribution < -0.4 is 5.32 Å². The highest BCUT2D eigenvalue weighted by molar-refractivity contribution is 7.10. The number of nitrogens with zero attached hydrogens (tertiary/aromatic N) is 4. The molecule has 1 aliphatic heterocycles. The molecule has 4 aromatic rings. The molecule has 2 aromatic carbocycles. The third-order valence-electron chi connectivity index (χ3n) is 5.92. The molecule has 0 bridgehead atoms. The van der Waals surface area contributed by atoms with E-state index in [4.69, 9.17) is 10.0 Å². The molecule has 2 N–H and O–H groups in total. The summed E-state index contributed by atoms with van der Waals surface area (Å²) < 4.78 is 4.81. The highest BCUT2D eigenvalue weighted by atomic mass is 32.1. The van der Waals surface area contributed by atoms with Crippen molar-refractivity contribution in [2.24, 2.45) is 0 Å². The van der Waals surface area contributed by atoms with Gasteiger partial charge in [-0.05, 0) is 69.6 Å². The summed E-state index contributed by atoms with van der Waals surface area (Å²) in [5.41, 5.74) is 3.55. The van der Waals surface area contributed by atoms with Gasteiger partial charge in [-0.3, -0.25) is 15.1 Å². The number of likely N-dealkylation sites (N-methyl/N-ethyl adjacent to an activating group) is 1. The number of hydrogen-bond acceptors (Lipinski definition) is 7. The molecule has 0 spiro atoms. The van der Waals surface area contributed by atoms with Crippen molar-refractivity contribution in [2.75, 3.05) is 7.05 Å². The van der Waals surface area contributed by atoms with Gasteiger partial charge in [-0.25, -0.2) is 4.63 Å². The first-order chi connectivity index (χ1) is 15.4. The van der Waals surface area contributed by atoms with Crippen molar-refractivity contribution in [1.82, 2.24) is 20.5 Å². The lowest BCUT2D eigenvalue weighted by Crippen LogP contribution is -2.62. The SMILES string of the molecule is CN1C(=N)N[C@](C)(c2cc(-c3cccc(C#N)c3)cs2)[C@H](c2ccc3nonc3c2)C1=O. The molecule has 8 nitrogen and oxygen atoms in total. The van der Waals surface area contributed by atoms with E-state index in [1.165, 1.54) is 16.2 Å². The van der Waals surface area contributed by atoms with Crippen LogP contribution in [0.1, 0.15) is 28.8 Å². The number of guanidine groups is 1. The van der Waals surface area contributed by atoms with Crippen LogP contribution in [0, 0.1) is 16.7 Å². The van der Waals surface area contributed by atoms with Gasteiger partial charge in [0.15, 0.2) is 5.96 Å². The first-order valence-corrected chi connectivity index (χ1v) is 10.7. The van der Waals surface area contributed by atoms with Crippen molar-refractivity contribution in [3.8, 4) is 17.2 Å². The quantitative estimate of drug-likeness (QED) is 0.498. The van der Waals surface area contributed by atoms with E-state index < -0.39 is 11.5 Å². The van der Waals surface area contributed by atoms with E-state index in [0.717, 1.165) is 21.6 Å². The van der Waals surface area contributed by atoms with Gasteiger partial charge in [0.1, 0.15) is 11.0 Å². The van der Waals surface area contributed by atoms with Gasteiger partial charge in [-0.1, -0.05) is 18.2 Å². The molecular formula is C23H18N6O2S. The van der Waals surface area contributed by atoms with E-state index in [-0.39, 0.29) is 11.9 Å². The second-order valence-corrected chi connectivity index (χ2v) is 8.82. The number of rotatable bonds is 3. The van der Waals surface area contributed by atoms with Crippen molar-refractivity contribution in [3.05, 3.63) is 69.9 Å². The second-order valence-electron chi connectivity index (χ2n) is 7.91. The van der Waals surface area contributed by atoms with E-state index in [2.05, 4.69) is 21.7 Å². The number of aromatic nitrogens is 2. The number of nitriles is 1. The average molecular weight is 443 g/mol. The second kappa shape index (κ2) is 7.28. The predicted octanol–water partition coefficient (Wildman–Crippen LogP) is 3.82. The largest absolute Gasteiger partial charge is 0.345 e. The van der Waals surface area contributed by atoms with Gasteiger partial charge >= 0.3 is 0 Å². The maximum atomic E-state index is 13.4. The smallest absolute Gasteiger partial charge is 0.239 e. The third kappa shape index (κ3) is 3.04. The van der Waals surface area contributed by atoms with Gasteiger partial charge in [0.05, 0.1) is 23.1 Å². The molecule has 158 valence electrons. The fourth-order valence-electron chi connectivity index (χ4n) is 4.14. The number of carbonyl (C=O) groups is 1. The van der Waals surface area contributed by atoms with Gasteiger partial charge < -0.3 is 5.32 Å². The van der Waals surface area contributed by atoms with Crippen LogP contribution in [0.15, 0.2) is 58.5 Å². The summed E-state index contributed by atoms with van der Waals surface area (Å²) in [4.78, 5) is 15.6. The van der Waals surface area contributed by atoms with Crippen molar-refractivity contribution in [3.63, 3.8) is 0 Å². The minimum Gasteiger partial charge on any atom is -0.345 e. The summed E-state index contributed by atoms with van der Waals surface area (Å²) >= 11 is 1.51. The standard InChI is InChI=1S/C23H18N6O2S/c1-23(19-10-16(12-32-19)14-5-3-4-13(8-14)11-24)20(21(30)29(2)22(25)26-23)15-6-7-17-18(9-15)28-31-27-17/h3-10,12,20H,1-2H3,(H2,25,26)/t20-,23-/m1/s1. The van der Waals surface area contributed by atoms with Crippen LogP contribution in [-0.2, 0) is 10.3 Å². The lowest BCUT2D eigenvalue weighted by Gasteiger charge is -2.45. The van der Waals surface area contributed by atoms with E-state index in [0.29, 0.717) is 16.6 Å². The summed E-state index contributed by atoms with van der Waals surface area (Å²) in [6, 6.07) is 17.0. The first-order valence-electron chi connectivity index (χ1n) is 9.87. The van der Waals surface area contributed by atoms with Crippen LogP contribution in [0.4, 0.5) is 0 Å². The topological polar surface area (TPSA) is 119 Å². The van der Waals surface area contributed by atoms with Gasteiger partial charge in [0, 0.05) is 11.9 Å². The molecule has 2 atom stereocenters. The van der Waals surface area contributed by atoms with Crippen molar-refractivity contribution >= 4 is 34.2 Å². The average Bonchev–Trinajstić information content (AvgIpc) is 3.47. The monoisotopic (exact) mass is 442 g/mol. The van der Waals surface area contributed by atoms with E-state index in [1.54, 1.807) is 19.2 Å². The normalized spacial score (nSPS) is 20.9. The van der Waals surface area contributed by atoms with Gasteiger partial charge in [0.25, 0.3) is 0 Å². The van der Waals surface area contributed by atoms with Gasteiger partial charge in [0.2, 0.25) is 5.91 Å². The molecule has 0 saturated carbocycles. The summed E-state index contributed by atoms with van der Waals surface area (Å²) in [7, 11) is 1.59. The number of nitrogens with one attached hydrogen (secondary N) is 2. The number of thiophene rings is 1. The summed E-state index contributed by atoms with van der Waals surface area (Å²) in [6.45, 7) is 1.93. The minimum absolute atomic E-state index is 0.0411. The zero-order chi connectivity index (χ0) is 22.5. The van der Waals surface area contributed by atoms with Gasteiger partial charge in [-0.15, -0.1) is 11.3 Å². The Labute approximate surface area is 187 Å². The Balaban J connectivity index is 1.62. The molecule has 9 heteroatoms. The highest BCUT2D eigenvalue weighted by Gasteiger charge is 2.49. The van der Waals surface area contributed by atoms with Crippen LogP contribution in [0.2, 0.25) is 0 Å². The van der Waals surface area contributed by atoms with Crippen molar-refractivity contribution in [1.29, 1.82) is 10.7 Å². The molecule has 2 aromatic heterocycles. The maximum absolute atomic E-state index is 13.4. The zero-order valence-corrected chi connectivity index (χ0v) is 18.1. The van der Waals surface area contributed by atoms with Crippen LogP contribution in [0.3, 0.4) is 0 Å². The lowest BCUT2D eigenvalue weighted by molar-refractivity contribution is -0.131. The minimum atomic E-state index is -0.860. The molecule has 1 amide bonds. The molecule has 0 aliphatic carbocycles. The molecule has 1 fully saturated rings. The summed E-state index contributed by atoms with van der Waals surface area (Å²) in [5, 5.41) is 30.6. The molecular weight excluding hydrogens is 424 g/mol. The Morgan fingerprint density at radius 1 is 1.19 bits per heavy atom. The van der Waals surface area contributed by atoms with E-state index in [9.17, 15) is 10.1 Å². The maximum Gasteiger partial charge on any atom is 0.239 e. The Hall–Kier alpha value is -4.03. The van der Waals surface area contributed by atoms with Crippen molar-refractivity contribution in [2.45, 2.75) is 18.4 Å². The molecule has 1 aliphatic rings. The Kier molecular flexibility index (Phi) is 4.53. The molecule has 0 unspecified atom stereocenters. The number of carbonyl (C=O) groups excluding carboxylic acids is 1. The summed E-state index contributed by atoms with van der Waals surface area (Å²) in [5.74, 6) is -0.743. The first kappa shape index (κ1) is 19.9. The molecule has 1 saturated heterocycles. The van der Waals surface area contributed by atoms with Crippen molar-refractivity contribution < 1.29 is 9.42 Å². The van der Waals surface area contributed by atoms with Crippen LogP contribution in [0.5, 0.6) is 0 Å². The molecule has 5 rings (SSSR count). The lowest BCUT2D eigenvalue weighted by atomic mass is 9.76.